The summed E-state index contributed by atoms with van der Waals surface area (Å²) < 4.78 is 1.94. The van der Waals surface area contributed by atoms with E-state index in [9.17, 15) is 0 Å². The van der Waals surface area contributed by atoms with Gasteiger partial charge >= 0.3 is 0 Å². The molecular weight excluding hydrogens is 318 g/mol. The number of thioether (sulfide) groups is 1. The maximum atomic E-state index is 4.61. The number of nitrogens with one attached hydrogen (secondary N) is 2. The lowest BCUT2D eigenvalue weighted by Gasteiger charge is -2.11. The van der Waals surface area contributed by atoms with E-state index in [2.05, 4.69) is 58.8 Å². The zero-order valence-corrected chi connectivity index (χ0v) is 15.4. The lowest BCUT2D eigenvalue weighted by Crippen LogP contribution is -2.38. The third-order valence-electron chi connectivity index (χ3n) is 3.40. The third kappa shape index (κ3) is 7.08. The number of hydrogen-bond donors (Lipinski definition) is 2. The molecule has 0 amide bonds. The van der Waals surface area contributed by atoms with E-state index in [4.69, 9.17) is 0 Å². The van der Waals surface area contributed by atoms with Crippen LogP contribution in [0.1, 0.15) is 18.9 Å². The molecule has 0 aliphatic heterocycles. The Morgan fingerprint density at radius 1 is 1.25 bits per heavy atom. The predicted molar refractivity (Wildman–Crippen MR) is 103 cm³/mol. The largest absolute Gasteiger partial charge is 0.357 e. The molecule has 0 aliphatic rings. The fraction of sp³-hybridized carbons (Fsp3) is 0.444. The van der Waals surface area contributed by atoms with Gasteiger partial charge in [0.25, 0.3) is 0 Å². The van der Waals surface area contributed by atoms with E-state index in [1.807, 2.05) is 28.7 Å². The van der Waals surface area contributed by atoms with Gasteiger partial charge in [-0.25, -0.2) is 0 Å². The van der Waals surface area contributed by atoms with Gasteiger partial charge in [-0.1, -0.05) is 17.7 Å². The van der Waals surface area contributed by atoms with Crippen molar-refractivity contribution in [3.8, 4) is 0 Å². The van der Waals surface area contributed by atoms with Gasteiger partial charge in [0.05, 0.1) is 0 Å². The average Bonchev–Trinajstić information content (AvgIpc) is 3.10. The standard InChI is InChI=1S/C18H27N5S/c1-3-19-18(20-10-4-13-23-14-5-11-22-23)21-12-15-24-17-8-6-16(2)7-9-17/h5-9,11,14H,3-4,10,12-13,15H2,1-2H3,(H2,19,20,21). The van der Waals surface area contributed by atoms with E-state index in [-0.39, 0.29) is 0 Å². The quantitative estimate of drug-likeness (QED) is 0.318. The van der Waals surface area contributed by atoms with E-state index < -0.39 is 0 Å². The fourth-order valence-corrected chi connectivity index (χ4v) is 2.94. The molecule has 0 bridgehead atoms. The Bertz CT molecular complexity index is 592. The Kier molecular flexibility index (Phi) is 8.24. The molecule has 6 heteroatoms. The van der Waals surface area contributed by atoms with Crippen LogP contribution in [0.25, 0.3) is 0 Å². The molecule has 0 radical (unpaired) electrons. The summed E-state index contributed by atoms with van der Waals surface area (Å²) in [6.07, 6.45) is 4.77. The van der Waals surface area contributed by atoms with Crippen molar-refractivity contribution in [2.75, 3.05) is 25.4 Å². The Hall–Kier alpha value is -1.95. The number of hydrogen-bond acceptors (Lipinski definition) is 3. The van der Waals surface area contributed by atoms with Crippen molar-refractivity contribution >= 4 is 17.7 Å². The van der Waals surface area contributed by atoms with Crippen LogP contribution in [0, 0.1) is 6.92 Å². The summed E-state index contributed by atoms with van der Waals surface area (Å²) in [6, 6.07) is 10.6. The van der Waals surface area contributed by atoms with E-state index >= 15 is 0 Å². The normalized spacial score (nSPS) is 11.5. The fourth-order valence-electron chi connectivity index (χ4n) is 2.17. The monoisotopic (exact) mass is 345 g/mol. The number of benzene rings is 1. The second-order valence-corrected chi connectivity index (χ2v) is 6.64. The highest BCUT2D eigenvalue weighted by Crippen LogP contribution is 2.17. The molecule has 0 aliphatic carbocycles. The summed E-state index contributed by atoms with van der Waals surface area (Å²) in [5.41, 5.74) is 1.30. The van der Waals surface area contributed by atoms with Crippen molar-refractivity contribution in [3.63, 3.8) is 0 Å². The minimum atomic E-state index is 0.792. The maximum absolute atomic E-state index is 4.61. The Morgan fingerprint density at radius 2 is 2.08 bits per heavy atom. The van der Waals surface area contributed by atoms with Crippen molar-refractivity contribution in [3.05, 3.63) is 48.3 Å². The van der Waals surface area contributed by atoms with Gasteiger partial charge in [-0.3, -0.25) is 9.67 Å². The van der Waals surface area contributed by atoms with Gasteiger partial charge in [0.15, 0.2) is 5.96 Å². The lowest BCUT2D eigenvalue weighted by atomic mass is 10.2. The summed E-state index contributed by atoms with van der Waals surface area (Å²) in [7, 11) is 0. The van der Waals surface area contributed by atoms with Gasteiger partial charge in [0.2, 0.25) is 0 Å². The lowest BCUT2D eigenvalue weighted by molar-refractivity contribution is 0.584. The smallest absolute Gasteiger partial charge is 0.191 e. The van der Waals surface area contributed by atoms with Crippen LogP contribution >= 0.6 is 11.8 Å². The molecule has 0 unspecified atom stereocenters. The average molecular weight is 346 g/mol. The van der Waals surface area contributed by atoms with Crippen LogP contribution in [0.2, 0.25) is 0 Å². The molecule has 1 aromatic heterocycles. The van der Waals surface area contributed by atoms with Crippen molar-refractivity contribution < 1.29 is 0 Å². The van der Waals surface area contributed by atoms with Gasteiger partial charge in [-0.2, -0.15) is 5.10 Å². The number of guanidine groups is 1. The highest BCUT2D eigenvalue weighted by molar-refractivity contribution is 7.99. The molecule has 1 heterocycles. The van der Waals surface area contributed by atoms with Crippen LogP contribution in [0.5, 0.6) is 0 Å². The van der Waals surface area contributed by atoms with Crippen LogP contribution in [-0.4, -0.2) is 41.1 Å². The van der Waals surface area contributed by atoms with Crippen molar-refractivity contribution in [2.24, 2.45) is 4.99 Å². The molecule has 0 spiro atoms. The van der Waals surface area contributed by atoms with Crippen molar-refractivity contribution in [1.82, 2.24) is 20.4 Å². The summed E-state index contributed by atoms with van der Waals surface area (Å²) >= 11 is 1.86. The predicted octanol–water partition coefficient (Wildman–Crippen LogP) is 2.93. The van der Waals surface area contributed by atoms with Crippen LogP contribution < -0.4 is 10.6 Å². The van der Waals surface area contributed by atoms with Gasteiger partial charge in [-0.15, -0.1) is 11.8 Å². The molecule has 24 heavy (non-hydrogen) atoms. The first-order valence-corrected chi connectivity index (χ1v) is 9.45. The summed E-state index contributed by atoms with van der Waals surface area (Å²) in [5.74, 6) is 1.91. The van der Waals surface area contributed by atoms with Crippen LogP contribution in [0.3, 0.4) is 0 Å². The Labute approximate surface area is 148 Å². The van der Waals surface area contributed by atoms with E-state index in [0.717, 1.165) is 44.3 Å². The Balaban J connectivity index is 1.65. The van der Waals surface area contributed by atoms with Crippen LogP contribution in [0.15, 0.2) is 52.6 Å². The summed E-state index contributed by atoms with van der Waals surface area (Å²) in [4.78, 5) is 5.92. The minimum absolute atomic E-state index is 0.792. The number of aromatic nitrogens is 2. The highest BCUT2D eigenvalue weighted by Gasteiger charge is 1.98. The van der Waals surface area contributed by atoms with E-state index in [1.165, 1.54) is 10.5 Å². The minimum Gasteiger partial charge on any atom is -0.357 e. The Morgan fingerprint density at radius 3 is 2.79 bits per heavy atom. The molecule has 0 fully saturated rings. The molecule has 2 aromatic rings. The van der Waals surface area contributed by atoms with Gasteiger partial charge < -0.3 is 10.6 Å². The molecule has 0 saturated carbocycles. The molecule has 130 valence electrons. The SMILES string of the molecule is CCNC(=NCCCn1cccn1)NCCSc1ccc(C)cc1. The second kappa shape index (κ2) is 10.8. The molecule has 2 rings (SSSR count). The highest BCUT2D eigenvalue weighted by atomic mass is 32.2. The zero-order valence-electron chi connectivity index (χ0n) is 14.5. The first-order chi connectivity index (χ1) is 11.8. The molecule has 2 N–H and O–H groups in total. The molecular formula is C18H27N5S. The first-order valence-electron chi connectivity index (χ1n) is 8.47. The number of aliphatic imine (C=N–C) groups is 1. The molecule has 0 atom stereocenters. The second-order valence-electron chi connectivity index (χ2n) is 5.47. The first kappa shape index (κ1) is 18.4. The third-order valence-corrected chi connectivity index (χ3v) is 4.42. The van der Waals surface area contributed by atoms with Crippen molar-refractivity contribution in [1.29, 1.82) is 0 Å². The maximum Gasteiger partial charge on any atom is 0.191 e. The molecule has 1 aromatic carbocycles. The van der Waals surface area contributed by atoms with Crippen molar-refractivity contribution in [2.45, 2.75) is 31.7 Å². The zero-order chi connectivity index (χ0) is 17.0. The van der Waals surface area contributed by atoms with Gasteiger partial charge in [-0.05, 0) is 38.5 Å². The topological polar surface area (TPSA) is 54.2 Å². The number of aryl methyl sites for hydroxylation is 2. The summed E-state index contributed by atoms with van der Waals surface area (Å²) in [5, 5.41) is 10.9. The number of rotatable bonds is 9. The molecule has 0 saturated heterocycles. The van der Waals surface area contributed by atoms with Gasteiger partial charge in [0, 0.05) is 49.2 Å². The van der Waals surface area contributed by atoms with E-state index in [0.29, 0.717) is 0 Å². The molecule has 5 nitrogen and oxygen atoms in total. The van der Waals surface area contributed by atoms with Gasteiger partial charge in [0.1, 0.15) is 0 Å². The number of nitrogens with zero attached hydrogens (tertiary/aromatic N) is 3. The van der Waals surface area contributed by atoms with Crippen LogP contribution in [-0.2, 0) is 6.54 Å². The van der Waals surface area contributed by atoms with E-state index in [1.54, 1.807) is 6.20 Å². The van der Waals surface area contributed by atoms with Crippen LogP contribution in [0.4, 0.5) is 0 Å². The summed E-state index contributed by atoms with van der Waals surface area (Å²) in [6.45, 7) is 7.66.